The highest BCUT2D eigenvalue weighted by molar-refractivity contribution is 6.37. The van der Waals surface area contributed by atoms with Crippen molar-refractivity contribution in [3.05, 3.63) is 57.8 Å². The molecule has 0 amide bonds. The number of aromatic nitrogens is 1. The number of esters is 1. The summed E-state index contributed by atoms with van der Waals surface area (Å²) < 4.78 is 12.3. The number of hydrogen-bond donors (Lipinski definition) is 0. The average Bonchev–Trinajstić information content (AvgIpc) is 2.99. The van der Waals surface area contributed by atoms with E-state index in [4.69, 9.17) is 32.7 Å². The lowest BCUT2D eigenvalue weighted by atomic mass is 10.0. The van der Waals surface area contributed by atoms with Crippen molar-refractivity contribution in [2.45, 2.75) is 13.8 Å². The van der Waals surface area contributed by atoms with Crippen LogP contribution in [0.2, 0.25) is 10.0 Å². The summed E-state index contributed by atoms with van der Waals surface area (Å²) in [5.41, 5.74) is 1.94. The molecule has 0 atom stereocenters. The predicted molar refractivity (Wildman–Crippen MR) is 105 cm³/mol. The molecule has 0 aliphatic heterocycles. The lowest BCUT2D eigenvalue weighted by Gasteiger charge is -2.12. The largest absolute Gasteiger partial charge is 0.492 e. The van der Waals surface area contributed by atoms with Gasteiger partial charge in [0.15, 0.2) is 6.29 Å². The van der Waals surface area contributed by atoms with E-state index in [1.54, 1.807) is 47.9 Å². The maximum Gasteiger partial charge on any atom is 0.340 e. The molecular formula is C20H17Cl2NO4. The van der Waals surface area contributed by atoms with Crippen molar-refractivity contribution in [2.75, 3.05) is 13.2 Å². The van der Waals surface area contributed by atoms with Gasteiger partial charge in [-0.3, -0.25) is 4.79 Å². The Morgan fingerprint density at radius 1 is 1.15 bits per heavy atom. The number of benzene rings is 1. The van der Waals surface area contributed by atoms with Gasteiger partial charge in [-0.2, -0.15) is 0 Å². The molecule has 2 aromatic heterocycles. The lowest BCUT2D eigenvalue weighted by molar-refractivity contribution is 0.0529. The van der Waals surface area contributed by atoms with E-state index < -0.39 is 5.97 Å². The Kier molecular flexibility index (Phi) is 5.73. The minimum Gasteiger partial charge on any atom is -0.492 e. The molecule has 27 heavy (non-hydrogen) atoms. The van der Waals surface area contributed by atoms with Gasteiger partial charge >= 0.3 is 5.97 Å². The number of nitrogens with zero attached hydrogens (tertiary/aromatic N) is 1. The zero-order chi connectivity index (χ0) is 19.6. The summed E-state index contributed by atoms with van der Waals surface area (Å²) in [6, 6.07) is 8.47. The van der Waals surface area contributed by atoms with Crippen LogP contribution < -0.4 is 4.74 Å². The highest BCUT2D eigenvalue weighted by Gasteiger charge is 2.27. The number of halogens is 2. The monoisotopic (exact) mass is 405 g/mol. The van der Waals surface area contributed by atoms with Crippen LogP contribution in [0.4, 0.5) is 0 Å². The summed E-state index contributed by atoms with van der Waals surface area (Å²) in [6.45, 7) is 4.19. The fourth-order valence-electron chi connectivity index (χ4n) is 3.02. The highest BCUT2D eigenvalue weighted by Crippen LogP contribution is 2.41. The first-order valence-electron chi connectivity index (χ1n) is 8.41. The van der Waals surface area contributed by atoms with Crippen LogP contribution in [0.1, 0.15) is 34.7 Å². The summed E-state index contributed by atoms with van der Waals surface area (Å²) in [7, 11) is 0. The molecule has 0 fully saturated rings. The molecule has 3 aromatic rings. The fraction of sp³-hybridized carbons (Fsp3) is 0.200. The van der Waals surface area contributed by atoms with E-state index >= 15 is 0 Å². The SMILES string of the molecule is CCOC(=O)c1c(-c2cc(Cl)c(OCC)cc2Cl)c(C=O)n2ccccc12. The van der Waals surface area contributed by atoms with Gasteiger partial charge in [-0.1, -0.05) is 29.3 Å². The zero-order valence-corrected chi connectivity index (χ0v) is 16.3. The molecular weight excluding hydrogens is 389 g/mol. The molecule has 2 heterocycles. The van der Waals surface area contributed by atoms with E-state index in [2.05, 4.69) is 0 Å². The highest BCUT2D eigenvalue weighted by atomic mass is 35.5. The van der Waals surface area contributed by atoms with E-state index in [1.807, 2.05) is 6.92 Å². The van der Waals surface area contributed by atoms with Crippen molar-refractivity contribution in [3.8, 4) is 16.9 Å². The molecule has 7 heteroatoms. The van der Waals surface area contributed by atoms with Crippen LogP contribution in [-0.2, 0) is 4.74 Å². The molecule has 0 aliphatic carbocycles. The molecule has 0 unspecified atom stereocenters. The lowest BCUT2D eigenvalue weighted by Crippen LogP contribution is -2.06. The van der Waals surface area contributed by atoms with Crippen LogP contribution in [0.3, 0.4) is 0 Å². The quantitative estimate of drug-likeness (QED) is 0.412. The molecule has 0 radical (unpaired) electrons. The number of rotatable bonds is 6. The van der Waals surface area contributed by atoms with Crippen molar-refractivity contribution in [1.29, 1.82) is 0 Å². The van der Waals surface area contributed by atoms with Gasteiger partial charge in [-0.05, 0) is 32.0 Å². The van der Waals surface area contributed by atoms with Crippen molar-refractivity contribution in [2.24, 2.45) is 0 Å². The minimum absolute atomic E-state index is 0.205. The number of carbonyl (C=O) groups excluding carboxylic acids is 2. The summed E-state index contributed by atoms with van der Waals surface area (Å²) >= 11 is 12.8. The van der Waals surface area contributed by atoms with Crippen molar-refractivity contribution >= 4 is 41.0 Å². The van der Waals surface area contributed by atoms with E-state index in [1.165, 1.54) is 0 Å². The molecule has 0 saturated heterocycles. The molecule has 0 saturated carbocycles. The van der Waals surface area contributed by atoms with E-state index in [0.717, 1.165) is 0 Å². The van der Waals surface area contributed by atoms with Crippen LogP contribution in [0.15, 0.2) is 36.5 Å². The first-order valence-corrected chi connectivity index (χ1v) is 9.16. The second-order valence-corrected chi connectivity index (χ2v) is 6.44. The average molecular weight is 406 g/mol. The van der Waals surface area contributed by atoms with Crippen LogP contribution in [0.25, 0.3) is 16.6 Å². The molecule has 0 spiro atoms. The van der Waals surface area contributed by atoms with E-state index in [9.17, 15) is 9.59 Å². The van der Waals surface area contributed by atoms with Crippen LogP contribution in [-0.4, -0.2) is 29.9 Å². The van der Waals surface area contributed by atoms with Gasteiger partial charge in [0.2, 0.25) is 0 Å². The van der Waals surface area contributed by atoms with Crippen molar-refractivity contribution < 1.29 is 19.1 Å². The minimum atomic E-state index is -0.537. The summed E-state index contributed by atoms with van der Waals surface area (Å²) in [5.74, 6) is -0.104. The Bertz CT molecular complexity index is 1030. The predicted octanol–water partition coefficient (Wildman–Crippen LogP) is 5.30. The fourth-order valence-corrected chi connectivity index (χ4v) is 3.48. The van der Waals surface area contributed by atoms with Gasteiger partial charge in [0.1, 0.15) is 5.75 Å². The van der Waals surface area contributed by atoms with Crippen LogP contribution in [0.5, 0.6) is 5.75 Å². The Hall–Kier alpha value is -2.50. The summed E-state index contributed by atoms with van der Waals surface area (Å²) in [6.07, 6.45) is 2.39. The Morgan fingerprint density at radius 3 is 2.59 bits per heavy atom. The number of fused-ring (bicyclic) bond motifs is 1. The number of carbonyl (C=O) groups is 2. The number of hydrogen-bond acceptors (Lipinski definition) is 4. The van der Waals surface area contributed by atoms with E-state index in [-0.39, 0.29) is 17.9 Å². The second kappa shape index (κ2) is 8.03. The summed E-state index contributed by atoms with van der Waals surface area (Å²) in [5, 5.41) is 0.644. The molecule has 0 N–H and O–H groups in total. The molecule has 140 valence electrons. The number of pyridine rings is 1. The van der Waals surface area contributed by atoms with Crippen molar-refractivity contribution in [1.82, 2.24) is 4.40 Å². The van der Waals surface area contributed by atoms with Gasteiger partial charge in [-0.15, -0.1) is 0 Å². The first-order chi connectivity index (χ1) is 13.0. The normalized spacial score (nSPS) is 10.8. The van der Waals surface area contributed by atoms with Gasteiger partial charge in [-0.25, -0.2) is 4.79 Å². The molecule has 5 nitrogen and oxygen atoms in total. The maximum atomic E-state index is 12.7. The van der Waals surface area contributed by atoms with Gasteiger partial charge in [0.05, 0.1) is 40.0 Å². The molecule has 1 aromatic carbocycles. The number of ether oxygens (including phenoxy) is 2. The zero-order valence-electron chi connectivity index (χ0n) is 14.8. The maximum absolute atomic E-state index is 12.7. The Labute approximate surface area is 166 Å². The van der Waals surface area contributed by atoms with Crippen LogP contribution >= 0.6 is 23.2 Å². The van der Waals surface area contributed by atoms with Crippen LogP contribution in [0, 0.1) is 0 Å². The van der Waals surface area contributed by atoms with Gasteiger partial charge in [0.25, 0.3) is 0 Å². The van der Waals surface area contributed by atoms with Gasteiger partial charge < -0.3 is 13.9 Å². The molecule has 0 aliphatic rings. The Morgan fingerprint density at radius 2 is 1.93 bits per heavy atom. The second-order valence-electron chi connectivity index (χ2n) is 5.62. The standard InChI is InChI=1S/C20H17Cl2NO4/c1-3-26-17-10-13(21)12(9-14(17)22)18-16(11-24)23-8-6-5-7-15(23)19(18)20(25)27-4-2/h5-11H,3-4H2,1-2H3. The van der Waals surface area contributed by atoms with E-state index in [0.29, 0.717) is 45.3 Å². The van der Waals surface area contributed by atoms with Crippen molar-refractivity contribution in [3.63, 3.8) is 0 Å². The van der Waals surface area contributed by atoms with Gasteiger partial charge in [0, 0.05) is 23.4 Å². The third-order valence-electron chi connectivity index (χ3n) is 4.06. The topological polar surface area (TPSA) is 57.0 Å². The third-order valence-corrected chi connectivity index (χ3v) is 4.67. The number of aldehydes is 1. The first kappa shape index (κ1) is 19.3. The smallest absolute Gasteiger partial charge is 0.340 e. The molecule has 0 bridgehead atoms. The molecule has 3 rings (SSSR count). The summed E-state index contributed by atoms with van der Waals surface area (Å²) in [4.78, 5) is 24.6. The Balaban J connectivity index is 2.37. The third kappa shape index (κ3) is 3.40.